The zero-order valence-electron chi connectivity index (χ0n) is 65.4. The quantitative estimate of drug-likeness (QED) is 0.0718. The van der Waals surface area contributed by atoms with Gasteiger partial charge < -0.3 is 162 Å². The summed E-state index contributed by atoms with van der Waals surface area (Å²) in [5.41, 5.74) is 0.951. The van der Waals surface area contributed by atoms with Gasteiger partial charge in [-0.3, -0.25) is 4.79 Å². The van der Waals surface area contributed by atoms with Gasteiger partial charge in [0.1, 0.15) is 5.75 Å². The van der Waals surface area contributed by atoms with Gasteiger partial charge in [0, 0.05) is 39.1 Å². The predicted molar refractivity (Wildman–Crippen MR) is 394 cm³/mol. The maximum Gasteiger partial charge on any atom is 0.153 e. The zero-order valence-corrected chi connectivity index (χ0v) is 65.4. The third-order valence-corrected chi connectivity index (χ3v) is 13.8. The third-order valence-electron chi connectivity index (χ3n) is 13.8. The smallest absolute Gasteiger partial charge is 0.153 e. The van der Waals surface area contributed by atoms with Crippen molar-refractivity contribution in [1.82, 2.24) is 0 Å². The summed E-state index contributed by atoms with van der Waals surface area (Å²) in [7, 11) is 3.28. The molecule has 0 fully saturated rings. The monoisotopic (exact) mass is 1570 g/mol. The number of hydrogen-bond acceptors (Lipinski definition) is 35. The Morgan fingerprint density at radius 2 is 0.343 bits per heavy atom. The minimum Gasteiger partial charge on any atom is -0.507 e. The topological polar surface area (TPSA) is 336 Å². The maximum absolute atomic E-state index is 11.3. The van der Waals surface area contributed by atoms with E-state index in [4.69, 9.17) is 152 Å². The lowest BCUT2D eigenvalue weighted by Gasteiger charge is -2.25. The van der Waals surface area contributed by atoms with E-state index in [2.05, 4.69) is 0 Å². The number of nitrogens with zero attached hydrogens (tertiary/aromatic N) is 1. The predicted octanol–water partition coefficient (Wildman–Crippen LogP) is 1.80. The van der Waals surface area contributed by atoms with Crippen molar-refractivity contribution in [3.8, 4) is 5.75 Å². The van der Waals surface area contributed by atoms with E-state index in [0.717, 1.165) is 5.69 Å². The molecule has 1 aromatic rings. The van der Waals surface area contributed by atoms with Gasteiger partial charge in [-0.2, -0.15) is 0 Å². The van der Waals surface area contributed by atoms with Gasteiger partial charge in [0.2, 0.25) is 0 Å². The molecule has 0 amide bonds. The average Bonchev–Trinajstić information content (AvgIpc) is 0.855. The van der Waals surface area contributed by atoms with Crippen molar-refractivity contribution in [3.05, 3.63) is 23.8 Å². The first-order chi connectivity index (χ1) is 53.7. The maximum atomic E-state index is 11.3. The first kappa shape index (κ1) is 103. The van der Waals surface area contributed by atoms with Gasteiger partial charge in [-0.15, -0.1) is 0 Å². The zero-order chi connectivity index (χ0) is 77.0. The fourth-order valence-electron chi connectivity index (χ4n) is 8.19. The van der Waals surface area contributed by atoms with Gasteiger partial charge in [-0.1, -0.05) is 0 Å². The molecule has 0 saturated heterocycles. The molecule has 0 aliphatic rings. The van der Waals surface area contributed by atoms with Crippen LogP contribution >= 0.6 is 0 Å². The van der Waals surface area contributed by atoms with Crippen LogP contribution in [0.3, 0.4) is 0 Å². The van der Waals surface area contributed by atoms with E-state index in [1.54, 1.807) is 32.4 Å². The van der Waals surface area contributed by atoms with Gasteiger partial charge in [-0.05, 0) is 12.1 Å². The standard InChI is InChI=1S/C73H139NO34/c1-77-9-11-81-17-19-85-25-27-89-33-35-93-41-43-97-49-51-101-57-59-105-65-67-107-63-61-103-55-53-99-47-45-95-39-37-91-31-29-87-23-21-83-15-13-79-7-5-74(72-4-3-71(70-75)73(76)69-72)6-8-80-14-16-84-22-24-88-30-32-92-38-40-96-46-48-100-54-56-104-62-64-108-68-66-106-60-58-102-52-50-98-44-42-94-36-34-90-28-26-86-20-18-82-12-10-78-2/h3-4,69-70,76H,5-68H2,1-2H3. The minimum absolute atomic E-state index is 0.0939. The molecular formula is C73H139NO34. The van der Waals surface area contributed by atoms with Crippen LogP contribution in [-0.2, 0) is 152 Å². The second kappa shape index (κ2) is 93.1. The molecule has 0 unspecified atom stereocenters. The van der Waals surface area contributed by atoms with Gasteiger partial charge in [0.25, 0.3) is 0 Å². The molecular weight excluding hydrogens is 1430 g/mol. The van der Waals surface area contributed by atoms with Crippen LogP contribution in [0.15, 0.2) is 18.2 Å². The summed E-state index contributed by atoms with van der Waals surface area (Å²) in [5, 5.41) is 10.3. The highest BCUT2D eigenvalue weighted by Crippen LogP contribution is 2.23. The number of aromatic hydroxyl groups is 1. The summed E-state index contributed by atoms with van der Waals surface area (Å²) in [4.78, 5) is 13.3. The number of ether oxygens (including phenoxy) is 32. The Morgan fingerprint density at radius 1 is 0.213 bits per heavy atom. The number of anilines is 1. The van der Waals surface area contributed by atoms with Crippen LogP contribution in [0.4, 0.5) is 5.69 Å². The van der Waals surface area contributed by atoms with Crippen LogP contribution in [0, 0.1) is 0 Å². The Hall–Kier alpha value is -2.79. The van der Waals surface area contributed by atoms with Crippen molar-refractivity contribution in [3.63, 3.8) is 0 Å². The molecule has 0 aliphatic carbocycles. The Morgan fingerprint density at radius 3 is 0.463 bits per heavy atom. The van der Waals surface area contributed by atoms with Crippen molar-refractivity contribution in [1.29, 1.82) is 0 Å². The van der Waals surface area contributed by atoms with Crippen molar-refractivity contribution in [2.24, 2.45) is 0 Å². The number of phenols is 1. The van der Waals surface area contributed by atoms with Crippen LogP contribution in [-0.4, -0.2) is 448 Å². The number of aldehydes is 1. The van der Waals surface area contributed by atoms with E-state index in [1.807, 2.05) is 4.90 Å². The van der Waals surface area contributed by atoms with Gasteiger partial charge >= 0.3 is 0 Å². The molecule has 0 heterocycles. The summed E-state index contributed by atoms with van der Waals surface area (Å²) in [5.74, 6) is -0.0939. The number of rotatable bonds is 98. The molecule has 0 atom stereocenters. The van der Waals surface area contributed by atoms with Crippen LogP contribution in [0.2, 0.25) is 0 Å². The largest absolute Gasteiger partial charge is 0.507 e. The molecule has 0 spiro atoms. The highest BCUT2D eigenvalue weighted by Gasteiger charge is 2.11. The molecule has 108 heavy (non-hydrogen) atoms. The van der Waals surface area contributed by atoms with Gasteiger partial charge in [-0.25, -0.2) is 0 Å². The van der Waals surface area contributed by atoms with Crippen molar-refractivity contribution >= 4 is 12.0 Å². The SMILES string of the molecule is COCCOCCOCCOCCOCCOCCOCCOCCOCCOCCOCCOCCOCCOCCOCCOCCN(CCOCCOCCOCCOCCOCCOCCOCCOCCOCCOCCOCCOCCOCCOCCOCCOC)c1ccc(C=O)c(O)c1. The van der Waals surface area contributed by atoms with Crippen LogP contribution < -0.4 is 4.90 Å². The molecule has 0 bridgehead atoms. The second-order valence-electron chi connectivity index (χ2n) is 22.2. The van der Waals surface area contributed by atoms with Crippen molar-refractivity contribution < 1.29 is 161 Å². The average molecular weight is 1570 g/mol. The normalized spacial score (nSPS) is 11.7. The highest BCUT2D eigenvalue weighted by atomic mass is 16.6. The van der Waals surface area contributed by atoms with E-state index in [1.165, 1.54) is 0 Å². The number of hydrogen-bond donors (Lipinski definition) is 1. The summed E-state index contributed by atoms with van der Waals surface area (Å²) in [6.45, 7) is 30.7. The van der Waals surface area contributed by atoms with Gasteiger partial charge in [0.15, 0.2) is 6.29 Å². The molecule has 0 saturated carbocycles. The Kier molecular flexibility index (Phi) is 89.0. The molecule has 0 radical (unpaired) electrons. The third kappa shape index (κ3) is 82.7. The Labute approximate surface area is 642 Å². The molecule has 640 valence electrons. The number of benzene rings is 1. The summed E-state index contributed by atoms with van der Waals surface area (Å²) in [6, 6.07) is 4.93. The summed E-state index contributed by atoms with van der Waals surface area (Å²) in [6.07, 6.45) is 0.617. The number of carbonyl (C=O) groups excluding carboxylic acids is 1. The first-order valence-electron chi connectivity index (χ1n) is 38.1. The molecule has 0 aromatic heterocycles. The van der Waals surface area contributed by atoms with Crippen molar-refractivity contribution in [2.45, 2.75) is 0 Å². The molecule has 1 rings (SSSR count). The van der Waals surface area contributed by atoms with Gasteiger partial charge in [0.05, 0.1) is 415 Å². The Balaban J connectivity index is 1.80. The second-order valence-corrected chi connectivity index (χ2v) is 22.2. The number of carbonyl (C=O) groups is 1. The highest BCUT2D eigenvalue weighted by molar-refractivity contribution is 5.80. The van der Waals surface area contributed by atoms with E-state index < -0.39 is 0 Å². The minimum atomic E-state index is -0.0939. The molecule has 35 heteroatoms. The fraction of sp³-hybridized carbons (Fsp3) is 0.904. The molecule has 1 aromatic carbocycles. The number of methoxy groups -OCH3 is 2. The summed E-state index contributed by atoms with van der Waals surface area (Å²) >= 11 is 0. The lowest BCUT2D eigenvalue weighted by atomic mass is 10.2. The van der Waals surface area contributed by atoms with Crippen LogP contribution in [0.25, 0.3) is 0 Å². The van der Waals surface area contributed by atoms with Crippen molar-refractivity contribution in [2.75, 3.05) is 442 Å². The van der Waals surface area contributed by atoms with E-state index in [0.29, 0.717) is 429 Å². The summed E-state index contributed by atoms with van der Waals surface area (Å²) < 4.78 is 176. The lowest BCUT2D eigenvalue weighted by Crippen LogP contribution is -2.31. The van der Waals surface area contributed by atoms with E-state index in [9.17, 15) is 9.90 Å². The molecule has 0 aliphatic heterocycles. The number of phenolic OH excluding ortho intramolecular Hbond substituents is 1. The van der Waals surface area contributed by atoms with Crippen LogP contribution in [0.5, 0.6) is 5.75 Å². The fourth-order valence-corrected chi connectivity index (χ4v) is 8.19. The van der Waals surface area contributed by atoms with E-state index in [-0.39, 0.29) is 11.3 Å². The lowest BCUT2D eigenvalue weighted by molar-refractivity contribution is -0.0302. The van der Waals surface area contributed by atoms with E-state index >= 15 is 0 Å². The molecule has 35 nitrogen and oxygen atoms in total. The first-order valence-corrected chi connectivity index (χ1v) is 38.1. The Bertz CT molecular complexity index is 1760. The molecule has 1 N–H and O–H groups in total. The van der Waals surface area contributed by atoms with Crippen LogP contribution in [0.1, 0.15) is 10.4 Å².